The van der Waals surface area contributed by atoms with Crippen LogP contribution in [0.3, 0.4) is 0 Å². The fourth-order valence-electron chi connectivity index (χ4n) is 2.43. The summed E-state index contributed by atoms with van der Waals surface area (Å²) in [6.45, 7) is 4.11. The van der Waals surface area contributed by atoms with Gasteiger partial charge in [-0.1, -0.05) is 0 Å². The zero-order valence-electron chi connectivity index (χ0n) is 14.4. The number of anilines is 1. The van der Waals surface area contributed by atoms with Crippen LogP contribution in [0.25, 0.3) is 0 Å². The first-order valence-electron chi connectivity index (χ1n) is 7.96. The van der Waals surface area contributed by atoms with E-state index in [0.29, 0.717) is 12.1 Å². The molecular weight excluding hydrogens is 465 g/mol. The van der Waals surface area contributed by atoms with Crippen LogP contribution >= 0.6 is 19.4 Å². The van der Waals surface area contributed by atoms with Gasteiger partial charge < -0.3 is 0 Å². The van der Waals surface area contributed by atoms with Gasteiger partial charge in [0.1, 0.15) is 0 Å². The van der Waals surface area contributed by atoms with Crippen LogP contribution in [0.15, 0.2) is 48.5 Å². The Morgan fingerprint density at radius 1 is 1.23 bits per heavy atom. The van der Waals surface area contributed by atoms with E-state index >= 15 is 0 Å². The number of rotatable bonds is 7. The van der Waals surface area contributed by atoms with Crippen LogP contribution in [0.4, 0.5) is 10.1 Å². The average molecular weight is 485 g/mol. The molecule has 142 valence electrons. The number of ether oxygens (including phenoxy) is 1. The zero-order chi connectivity index (χ0) is 19.1. The van der Waals surface area contributed by atoms with Crippen molar-refractivity contribution in [1.29, 1.82) is 0 Å². The first kappa shape index (κ1) is 21.0. The van der Waals surface area contributed by atoms with Gasteiger partial charge in [-0.25, -0.2) is 0 Å². The first-order chi connectivity index (χ1) is 12.3. The van der Waals surface area contributed by atoms with Gasteiger partial charge in [0.15, 0.2) is 0 Å². The summed E-state index contributed by atoms with van der Waals surface area (Å²) in [7, 11) is 11.9. The first-order valence-corrected chi connectivity index (χ1v) is 13.4. The van der Waals surface area contributed by atoms with Crippen molar-refractivity contribution in [3.8, 4) is 0 Å². The molecule has 0 aliphatic carbocycles. The Morgan fingerprint density at radius 3 is 2.54 bits per heavy atom. The van der Waals surface area contributed by atoms with Gasteiger partial charge in [0.25, 0.3) is 0 Å². The summed E-state index contributed by atoms with van der Waals surface area (Å²) in [5.74, 6) is -0.673. The summed E-state index contributed by atoms with van der Waals surface area (Å²) in [4.78, 5) is 14.1. The Morgan fingerprint density at radius 2 is 1.92 bits per heavy atom. The molecule has 0 N–H and O–H groups in total. The summed E-state index contributed by atoms with van der Waals surface area (Å²) in [6.07, 6.45) is -0.186. The third kappa shape index (κ3) is 6.79. The number of esters is 1. The van der Waals surface area contributed by atoms with Gasteiger partial charge in [0.2, 0.25) is 0 Å². The molecule has 2 aromatic rings. The minimum atomic E-state index is -2.11. The SMILES string of the molecule is CC(C)OC(=O)CN(Cc1ccc(F)cc1[CH]=[Ru]([Cl])[Cl])c1ccccc1. The number of carbonyl (C=O) groups is 1. The van der Waals surface area contributed by atoms with Crippen LogP contribution in [0.1, 0.15) is 25.0 Å². The van der Waals surface area contributed by atoms with Crippen molar-refractivity contribution in [3.05, 3.63) is 65.5 Å². The van der Waals surface area contributed by atoms with Crippen LogP contribution in [0.2, 0.25) is 0 Å². The van der Waals surface area contributed by atoms with Gasteiger partial charge in [-0.3, -0.25) is 0 Å². The third-order valence-corrected chi connectivity index (χ3v) is 5.30. The predicted octanol–water partition coefficient (Wildman–Crippen LogP) is 4.86. The molecule has 7 heteroatoms. The third-order valence-electron chi connectivity index (χ3n) is 3.46. The molecule has 0 saturated heterocycles. The fraction of sp³-hybridized carbons (Fsp3) is 0.263. The molecule has 3 nitrogen and oxygen atoms in total. The van der Waals surface area contributed by atoms with Gasteiger partial charge in [0.05, 0.1) is 0 Å². The molecule has 0 radical (unpaired) electrons. The van der Waals surface area contributed by atoms with Crippen molar-refractivity contribution in [1.82, 2.24) is 0 Å². The number of nitrogens with zero attached hydrogens (tertiary/aromatic N) is 1. The van der Waals surface area contributed by atoms with E-state index in [0.717, 1.165) is 11.3 Å². The van der Waals surface area contributed by atoms with E-state index in [2.05, 4.69) is 0 Å². The van der Waals surface area contributed by atoms with E-state index in [1.165, 1.54) is 12.1 Å². The second-order valence-corrected chi connectivity index (χ2v) is 11.6. The van der Waals surface area contributed by atoms with Crippen molar-refractivity contribution < 1.29 is 27.4 Å². The topological polar surface area (TPSA) is 29.5 Å². The molecule has 0 unspecified atom stereocenters. The Hall–Kier alpha value is -1.29. The normalized spacial score (nSPS) is 11.2. The van der Waals surface area contributed by atoms with E-state index in [9.17, 15) is 9.18 Å². The molecule has 0 heterocycles. The summed E-state index contributed by atoms with van der Waals surface area (Å²) in [5.41, 5.74) is 2.37. The minimum absolute atomic E-state index is 0.0853. The van der Waals surface area contributed by atoms with E-state index in [4.69, 9.17) is 24.1 Å². The predicted molar refractivity (Wildman–Crippen MR) is 102 cm³/mol. The molecule has 0 spiro atoms. The Kier molecular flexibility index (Phi) is 8.21. The molecule has 0 fully saturated rings. The summed E-state index contributed by atoms with van der Waals surface area (Å²) in [6, 6.07) is 14.0. The van der Waals surface area contributed by atoms with E-state index in [1.807, 2.05) is 49.1 Å². The molecule has 26 heavy (non-hydrogen) atoms. The summed E-state index contributed by atoms with van der Waals surface area (Å²) in [5, 5.41) is 0. The number of carbonyl (C=O) groups excluding carboxylic acids is 1. The number of halogens is 3. The summed E-state index contributed by atoms with van der Waals surface area (Å²) < 4.78 is 20.6. The molecule has 0 aliphatic rings. The maximum atomic E-state index is 13.6. The standard InChI is InChI=1S/C19H20FNO2.2ClH.Ru/c1-14(2)23-19(22)13-21(18-7-5-4-6-8-18)12-16-9-10-17(20)11-15(16)3;;;/h3-11,14H,12-13H2,1-2H3;2*1H;/q;;;+2/p-2. The van der Waals surface area contributed by atoms with Crippen molar-refractivity contribution in [2.45, 2.75) is 26.5 Å². The van der Waals surface area contributed by atoms with Gasteiger partial charge in [0, 0.05) is 0 Å². The van der Waals surface area contributed by atoms with Crippen molar-refractivity contribution in [2.24, 2.45) is 0 Å². The van der Waals surface area contributed by atoms with E-state index in [-0.39, 0.29) is 24.4 Å². The van der Waals surface area contributed by atoms with E-state index < -0.39 is 13.5 Å². The molecular formula is C19H20Cl2FNO2Ru. The average Bonchev–Trinajstić information content (AvgIpc) is 2.56. The quantitative estimate of drug-likeness (QED) is 0.415. The number of benzene rings is 2. The fourth-order valence-corrected chi connectivity index (χ4v) is 4.29. The van der Waals surface area contributed by atoms with Crippen LogP contribution in [0.5, 0.6) is 0 Å². The van der Waals surface area contributed by atoms with Crippen LogP contribution in [-0.2, 0) is 29.6 Å². The van der Waals surface area contributed by atoms with Gasteiger partial charge >= 0.3 is 167 Å². The Balaban J connectivity index is 2.32. The zero-order valence-corrected chi connectivity index (χ0v) is 17.7. The van der Waals surface area contributed by atoms with Crippen molar-refractivity contribution >= 4 is 35.6 Å². The monoisotopic (exact) mass is 485 g/mol. The van der Waals surface area contributed by atoms with Crippen molar-refractivity contribution in [2.75, 3.05) is 11.4 Å². The van der Waals surface area contributed by atoms with Crippen LogP contribution in [-0.4, -0.2) is 23.2 Å². The molecule has 0 bridgehead atoms. The summed E-state index contributed by atoms with van der Waals surface area (Å²) >= 11 is -2.11. The van der Waals surface area contributed by atoms with Crippen LogP contribution in [0, 0.1) is 5.82 Å². The number of hydrogen-bond acceptors (Lipinski definition) is 3. The van der Waals surface area contributed by atoms with Gasteiger partial charge in [-0.05, 0) is 0 Å². The van der Waals surface area contributed by atoms with E-state index in [1.54, 1.807) is 10.7 Å². The Labute approximate surface area is 166 Å². The molecule has 2 aromatic carbocycles. The molecule has 0 saturated carbocycles. The molecule has 0 aromatic heterocycles. The maximum absolute atomic E-state index is 13.6. The van der Waals surface area contributed by atoms with Crippen LogP contribution < -0.4 is 4.90 Å². The number of para-hydroxylation sites is 1. The second-order valence-electron chi connectivity index (χ2n) is 5.88. The molecule has 0 amide bonds. The second kappa shape index (κ2) is 10.2. The number of hydrogen-bond donors (Lipinski definition) is 0. The molecule has 2 rings (SSSR count). The van der Waals surface area contributed by atoms with Crippen molar-refractivity contribution in [3.63, 3.8) is 0 Å². The van der Waals surface area contributed by atoms with Gasteiger partial charge in [-0.15, -0.1) is 0 Å². The van der Waals surface area contributed by atoms with Gasteiger partial charge in [-0.2, -0.15) is 0 Å². The molecule has 0 aliphatic heterocycles. The Bertz CT molecular complexity index is 780. The molecule has 0 atom stereocenters.